The molecule has 1 atom stereocenters. The Kier molecular flexibility index (Phi) is 5.77. The van der Waals surface area contributed by atoms with Crippen molar-refractivity contribution in [3.63, 3.8) is 0 Å². The molecule has 1 N–H and O–H groups in total. The standard InChI is InChI=1S/C12H22N4O2/c1-5-10-14-11(6-2)16(15-10)8-7-9(13-3)12(17)18-4/h9,13H,5-8H2,1-4H3. The summed E-state index contributed by atoms with van der Waals surface area (Å²) in [4.78, 5) is 15.9. The predicted molar refractivity (Wildman–Crippen MR) is 68.3 cm³/mol. The number of aromatic nitrogens is 3. The molecule has 18 heavy (non-hydrogen) atoms. The first-order valence-corrected chi connectivity index (χ1v) is 6.33. The second-order valence-electron chi connectivity index (χ2n) is 4.03. The van der Waals surface area contributed by atoms with Crippen LogP contribution in [0.2, 0.25) is 0 Å². The summed E-state index contributed by atoms with van der Waals surface area (Å²) in [5, 5.41) is 7.36. The first-order valence-electron chi connectivity index (χ1n) is 6.33. The zero-order chi connectivity index (χ0) is 13.5. The number of esters is 1. The quantitative estimate of drug-likeness (QED) is 0.720. The van der Waals surface area contributed by atoms with Crippen LogP contribution in [0.25, 0.3) is 0 Å². The summed E-state index contributed by atoms with van der Waals surface area (Å²) in [5.74, 6) is 1.57. The van der Waals surface area contributed by atoms with E-state index in [-0.39, 0.29) is 12.0 Å². The highest BCUT2D eigenvalue weighted by atomic mass is 16.5. The Morgan fingerprint density at radius 2 is 2.17 bits per heavy atom. The van der Waals surface area contributed by atoms with Gasteiger partial charge in [0.2, 0.25) is 0 Å². The molecule has 6 nitrogen and oxygen atoms in total. The molecule has 1 unspecified atom stereocenters. The van der Waals surface area contributed by atoms with E-state index in [1.165, 1.54) is 7.11 Å². The molecule has 0 aliphatic heterocycles. The van der Waals surface area contributed by atoms with Crippen LogP contribution in [0.4, 0.5) is 0 Å². The molecule has 0 saturated heterocycles. The van der Waals surface area contributed by atoms with Gasteiger partial charge in [-0.2, -0.15) is 5.10 Å². The number of hydrogen-bond donors (Lipinski definition) is 1. The second-order valence-corrected chi connectivity index (χ2v) is 4.03. The number of ether oxygens (including phenoxy) is 1. The zero-order valence-electron chi connectivity index (χ0n) is 11.6. The van der Waals surface area contributed by atoms with E-state index < -0.39 is 0 Å². The molecule has 0 amide bonds. The Bertz CT molecular complexity index is 389. The number of hydrogen-bond acceptors (Lipinski definition) is 5. The van der Waals surface area contributed by atoms with E-state index in [1.807, 2.05) is 11.6 Å². The summed E-state index contributed by atoms with van der Waals surface area (Å²) in [6, 6.07) is -0.297. The minimum absolute atomic E-state index is 0.244. The normalized spacial score (nSPS) is 12.4. The van der Waals surface area contributed by atoms with Gasteiger partial charge in [0.1, 0.15) is 11.9 Å². The third-order valence-corrected chi connectivity index (χ3v) is 2.89. The first kappa shape index (κ1) is 14.6. The number of nitrogens with one attached hydrogen (secondary N) is 1. The number of methoxy groups -OCH3 is 1. The molecule has 6 heteroatoms. The molecular formula is C12H22N4O2. The van der Waals surface area contributed by atoms with Crippen LogP contribution in [0.1, 0.15) is 31.9 Å². The van der Waals surface area contributed by atoms with Gasteiger partial charge in [-0.25, -0.2) is 9.67 Å². The Hall–Kier alpha value is -1.43. The van der Waals surface area contributed by atoms with Crippen LogP contribution in [-0.4, -0.2) is 40.9 Å². The van der Waals surface area contributed by atoms with Crippen molar-refractivity contribution in [2.75, 3.05) is 14.2 Å². The third kappa shape index (κ3) is 3.53. The maximum absolute atomic E-state index is 11.5. The minimum atomic E-state index is -0.297. The van der Waals surface area contributed by atoms with Gasteiger partial charge in [0.25, 0.3) is 0 Å². The topological polar surface area (TPSA) is 69.0 Å². The van der Waals surface area contributed by atoms with Crippen molar-refractivity contribution in [2.24, 2.45) is 0 Å². The summed E-state index contributed by atoms with van der Waals surface area (Å²) in [7, 11) is 3.15. The summed E-state index contributed by atoms with van der Waals surface area (Å²) >= 11 is 0. The van der Waals surface area contributed by atoms with Gasteiger partial charge in [-0.3, -0.25) is 4.79 Å². The van der Waals surface area contributed by atoms with Gasteiger partial charge >= 0.3 is 5.97 Å². The molecule has 1 aromatic rings. The third-order valence-electron chi connectivity index (χ3n) is 2.89. The summed E-state index contributed by atoms with van der Waals surface area (Å²) in [6.45, 7) is 4.75. The van der Waals surface area contributed by atoms with Crippen molar-refractivity contribution in [3.8, 4) is 0 Å². The van der Waals surface area contributed by atoms with Crippen molar-refractivity contribution in [1.82, 2.24) is 20.1 Å². The monoisotopic (exact) mass is 254 g/mol. The van der Waals surface area contributed by atoms with E-state index in [0.717, 1.165) is 24.5 Å². The highest BCUT2D eigenvalue weighted by molar-refractivity contribution is 5.75. The molecule has 0 aliphatic rings. The van der Waals surface area contributed by atoms with Crippen LogP contribution in [0.15, 0.2) is 0 Å². The summed E-state index contributed by atoms with van der Waals surface area (Å²) in [5.41, 5.74) is 0. The maximum atomic E-state index is 11.5. The minimum Gasteiger partial charge on any atom is -0.468 e. The number of likely N-dealkylation sites (N-methyl/N-ethyl adjacent to an activating group) is 1. The lowest BCUT2D eigenvalue weighted by molar-refractivity contribution is -0.143. The summed E-state index contributed by atoms with van der Waals surface area (Å²) < 4.78 is 6.61. The average Bonchev–Trinajstić information content (AvgIpc) is 2.81. The van der Waals surface area contributed by atoms with Crippen molar-refractivity contribution >= 4 is 5.97 Å². The Morgan fingerprint density at radius 1 is 1.44 bits per heavy atom. The number of carbonyl (C=O) groups is 1. The van der Waals surface area contributed by atoms with E-state index >= 15 is 0 Å². The van der Waals surface area contributed by atoms with Crippen LogP contribution >= 0.6 is 0 Å². The fourth-order valence-electron chi connectivity index (χ4n) is 1.79. The molecule has 0 radical (unpaired) electrons. The molecule has 0 saturated carbocycles. The Morgan fingerprint density at radius 3 is 2.67 bits per heavy atom. The molecular weight excluding hydrogens is 232 g/mol. The van der Waals surface area contributed by atoms with E-state index in [4.69, 9.17) is 4.74 Å². The van der Waals surface area contributed by atoms with Gasteiger partial charge < -0.3 is 10.1 Å². The maximum Gasteiger partial charge on any atom is 0.322 e. The lowest BCUT2D eigenvalue weighted by atomic mass is 10.2. The van der Waals surface area contributed by atoms with Gasteiger partial charge in [0, 0.05) is 19.4 Å². The zero-order valence-corrected chi connectivity index (χ0v) is 11.6. The molecule has 0 spiro atoms. The van der Waals surface area contributed by atoms with Crippen molar-refractivity contribution in [1.29, 1.82) is 0 Å². The van der Waals surface area contributed by atoms with Gasteiger partial charge in [-0.1, -0.05) is 13.8 Å². The number of aryl methyl sites for hydroxylation is 3. The highest BCUT2D eigenvalue weighted by Crippen LogP contribution is 2.04. The predicted octanol–water partition coefficient (Wildman–Crippen LogP) is 0.554. The Balaban J connectivity index is 2.66. The van der Waals surface area contributed by atoms with E-state index in [0.29, 0.717) is 13.0 Å². The van der Waals surface area contributed by atoms with E-state index in [9.17, 15) is 4.79 Å². The molecule has 102 valence electrons. The van der Waals surface area contributed by atoms with E-state index in [2.05, 4.69) is 22.3 Å². The molecule has 0 bridgehead atoms. The molecule has 0 fully saturated rings. The first-order chi connectivity index (χ1) is 8.65. The van der Waals surface area contributed by atoms with Crippen LogP contribution in [0.3, 0.4) is 0 Å². The lowest BCUT2D eigenvalue weighted by Gasteiger charge is -2.13. The second kappa shape index (κ2) is 7.10. The fourth-order valence-corrected chi connectivity index (χ4v) is 1.79. The lowest BCUT2D eigenvalue weighted by Crippen LogP contribution is -2.36. The molecule has 1 rings (SSSR count). The smallest absolute Gasteiger partial charge is 0.322 e. The Labute approximate surface area is 108 Å². The highest BCUT2D eigenvalue weighted by Gasteiger charge is 2.17. The van der Waals surface area contributed by atoms with Crippen LogP contribution in [0, 0.1) is 0 Å². The number of carbonyl (C=O) groups excluding carboxylic acids is 1. The van der Waals surface area contributed by atoms with Gasteiger partial charge in [-0.05, 0) is 13.5 Å². The number of nitrogens with zero attached hydrogens (tertiary/aromatic N) is 3. The molecule has 0 aliphatic carbocycles. The van der Waals surface area contributed by atoms with Crippen LogP contribution < -0.4 is 5.32 Å². The van der Waals surface area contributed by atoms with Crippen molar-refractivity contribution < 1.29 is 9.53 Å². The summed E-state index contributed by atoms with van der Waals surface area (Å²) in [6.07, 6.45) is 2.31. The van der Waals surface area contributed by atoms with E-state index in [1.54, 1.807) is 7.05 Å². The molecule has 1 heterocycles. The van der Waals surface area contributed by atoms with Crippen molar-refractivity contribution in [3.05, 3.63) is 11.6 Å². The van der Waals surface area contributed by atoms with Gasteiger partial charge in [0.15, 0.2) is 5.82 Å². The number of rotatable bonds is 7. The molecule has 1 aromatic heterocycles. The fraction of sp³-hybridized carbons (Fsp3) is 0.750. The average molecular weight is 254 g/mol. The van der Waals surface area contributed by atoms with Crippen molar-refractivity contribution in [2.45, 2.75) is 45.7 Å². The van der Waals surface area contributed by atoms with Crippen LogP contribution in [0.5, 0.6) is 0 Å². The van der Waals surface area contributed by atoms with Gasteiger partial charge in [-0.15, -0.1) is 0 Å². The van der Waals surface area contributed by atoms with Crippen LogP contribution in [-0.2, 0) is 28.9 Å². The largest absolute Gasteiger partial charge is 0.468 e. The molecule has 0 aromatic carbocycles. The SMILES string of the molecule is CCc1nc(CC)n(CCC(NC)C(=O)OC)n1. The van der Waals surface area contributed by atoms with Gasteiger partial charge in [0.05, 0.1) is 7.11 Å².